The van der Waals surface area contributed by atoms with Crippen molar-refractivity contribution in [1.82, 2.24) is 10.3 Å². The Kier molecular flexibility index (Phi) is 2.16. The van der Waals surface area contributed by atoms with Gasteiger partial charge in [0.2, 0.25) is 0 Å². The van der Waals surface area contributed by atoms with Gasteiger partial charge in [-0.05, 0) is 6.07 Å². The number of hydrogen-bond donors (Lipinski definition) is 1. The minimum absolute atomic E-state index is 0.0994. The van der Waals surface area contributed by atoms with Crippen molar-refractivity contribution < 1.29 is 9.15 Å². The van der Waals surface area contributed by atoms with Crippen LogP contribution in [0.5, 0.6) is 0 Å². The van der Waals surface area contributed by atoms with Crippen LogP contribution in [0.2, 0.25) is 0 Å². The molecule has 3 heterocycles. The topological polar surface area (TPSA) is 47.3 Å². The molecule has 1 aliphatic rings. The molecule has 1 atom stereocenters. The molecule has 3 rings (SSSR count). The standard InChI is InChI=1S/C11H12N2O2/c1-2-12-5-10-8(1)9(7-15-10)11-6-13-3-4-14-11/h1-2,5,7,11,13H,3-4,6H2. The summed E-state index contributed by atoms with van der Waals surface area (Å²) < 4.78 is 11.1. The fraction of sp³-hybridized carbons (Fsp3) is 0.364. The lowest BCUT2D eigenvalue weighted by Crippen LogP contribution is -2.33. The zero-order chi connectivity index (χ0) is 10.1. The molecule has 1 aliphatic heterocycles. The summed E-state index contributed by atoms with van der Waals surface area (Å²) in [6.45, 7) is 2.52. The molecule has 0 bridgehead atoms. The highest BCUT2D eigenvalue weighted by molar-refractivity contribution is 5.80. The Labute approximate surface area is 87.2 Å². The SMILES string of the molecule is c1cc2c(C3CNCCO3)coc2cn1. The van der Waals surface area contributed by atoms with Crippen LogP contribution in [0.1, 0.15) is 11.7 Å². The van der Waals surface area contributed by atoms with Crippen LogP contribution in [0.25, 0.3) is 11.0 Å². The Bertz CT molecular complexity index is 460. The Morgan fingerprint density at radius 3 is 3.33 bits per heavy atom. The molecule has 2 aromatic heterocycles. The van der Waals surface area contributed by atoms with E-state index in [9.17, 15) is 0 Å². The van der Waals surface area contributed by atoms with E-state index >= 15 is 0 Å². The number of rotatable bonds is 1. The monoisotopic (exact) mass is 204 g/mol. The molecule has 0 saturated carbocycles. The van der Waals surface area contributed by atoms with E-state index in [1.165, 1.54) is 0 Å². The summed E-state index contributed by atoms with van der Waals surface area (Å²) in [5, 5.41) is 4.40. The first-order valence-corrected chi connectivity index (χ1v) is 5.08. The maximum absolute atomic E-state index is 5.69. The van der Waals surface area contributed by atoms with Gasteiger partial charge in [0.15, 0.2) is 5.58 Å². The number of hydrogen-bond acceptors (Lipinski definition) is 4. The number of morpholine rings is 1. The molecule has 1 unspecified atom stereocenters. The number of fused-ring (bicyclic) bond motifs is 1. The number of furan rings is 1. The average molecular weight is 204 g/mol. The molecule has 1 fully saturated rings. The van der Waals surface area contributed by atoms with Crippen molar-refractivity contribution in [3.8, 4) is 0 Å². The van der Waals surface area contributed by atoms with Gasteiger partial charge >= 0.3 is 0 Å². The van der Waals surface area contributed by atoms with Crippen molar-refractivity contribution >= 4 is 11.0 Å². The second kappa shape index (κ2) is 3.64. The van der Waals surface area contributed by atoms with Gasteiger partial charge in [-0.25, -0.2) is 0 Å². The summed E-state index contributed by atoms with van der Waals surface area (Å²) in [4.78, 5) is 4.02. The van der Waals surface area contributed by atoms with E-state index in [0.717, 1.165) is 36.2 Å². The lowest BCUT2D eigenvalue weighted by atomic mass is 10.1. The summed E-state index contributed by atoms with van der Waals surface area (Å²) >= 11 is 0. The van der Waals surface area contributed by atoms with Gasteiger partial charge in [-0.2, -0.15) is 0 Å². The largest absolute Gasteiger partial charge is 0.462 e. The van der Waals surface area contributed by atoms with E-state index < -0.39 is 0 Å². The van der Waals surface area contributed by atoms with Crippen LogP contribution in [0.3, 0.4) is 0 Å². The summed E-state index contributed by atoms with van der Waals surface area (Å²) in [6.07, 6.45) is 5.37. The normalized spacial score (nSPS) is 22.0. The van der Waals surface area contributed by atoms with Crippen molar-refractivity contribution in [2.75, 3.05) is 19.7 Å². The predicted octanol–water partition coefficient (Wildman–Crippen LogP) is 1.49. The second-order valence-electron chi connectivity index (χ2n) is 3.63. The van der Waals surface area contributed by atoms with Gasteiger partial charge in [0.25, 0.3) is 0 Å². The lowest BCUT2D eigenvalue weighted by Gasteiger charge is -2.22. The Morgan fingerprint density at radius 1 is 1.47 bits per heavy atom. The highest BCUT2D eigenvalue weighted by atomic mass is 16.5. The summed E-state index contributed by atoms with van der Waals surface area (Å²) in [5.41, 5.74) is 1.93. The van der Waals surface area contributed by atoms with Crippen LogP contribution in [0, 0.1) is 0 Å². The van der Waals surface area contributed by atoms with Crippen LogP contribution in [0.15, 0.2) is 29.1 Å². The first-order valence-electron chi connectivity index (χ1n) is 5.08. The smallest absolute Gasteiger partial charge is 0.152 e. The molecule has 78 valence electrons. The van der Waals surface area contributed by atoms with E-state index in [2.05, 4.69) is 10.3 Å². The van der Waals surface area contributed by atoms with E-state index in [0.29, 0.717) is 0 Å². The van der Waals surface area contributed by atoms with Gasteiger partial charge in [-0.15, -0.1) is 0 Å². The second-order valence-corrected chi connectivity index (χ2v) is 3.63. The van der Waals surface area contributed by atoms with Crippen molar-refractivity contribution in [1.29, 1.82) is 0 Å². The van der Waals surface area contributed by atoms with E-state index in [1.54, 1.807) is 18.7 Å². The number of aromatic nitrogens is 1. The molecule has 2 aromatic rings. The molecule has 1 saturated heterocycles. The molecule has 0 radical (unpaired) electrons. The maximum Gasteiger partial charge on any atom is 0.152 e. The van der Waals surface area contributed by atoms with Crippen LogP contribution in [0.4, 0.5) is 0 Å². The molecule has 4 nitrogen and oxygen atoms in total. The zero-order valence-corrected chi connectivity index (χ0v) is 8.27. The first-order chi connectivity index (χ1) is 7.45. The first kappa shape index (κ1) is 8.88. The number of pyridine rings is 1. The molecule has 0 aliphatic carbocycles. The summed E-state index contributed by atoms with van der Waals surface area (Å²) in [7, 11) is 0. The predicted molar refractivity (Wildman–Crippen MR) is 55.6 cm³/mol. The molecule has 0 spiro atoms. The van der Waals surface area contributed by atoms with Crippen LogP contribution in [-0.4, -0.2) is 24.7 Å². The van der Waals surface area contributed by atoms with Crippen molar-refractivity contribution in [2.45, 2.75) is 6.10 Å². The van der Waals surface area contributed by atoms with Gasteiger partial charge in [-0.1, -0.05) is 0 Å². The molecular formula is C11H12N2O2. The van der Waals surface area contributed by atoms with Gasteiger partial charge in [-0.3, -0.25) is 4.98 Å². The quantitative estimate of drug-likeness (QED) is 0.764. The van der Waals surface area contributed by atoms with Gasteiger partial charge in [0.05, 0.1) is 25.2 Å². The highest BCUT2D eigenvalue weighted by Gasteiger charge is 2.19. The zero-order valence-electron chi connectivity index (χ0n) is 8.27. The average Bonchev–Trinajstić information content (AvgIpc) is 2.74. The van der Waals surface area contributed by atoms with Crippen LogP contribution < -0.4 is 5.32 Å². The highest BCUT2D eigenvalue weighted by Crippen LogP contribution is 2.28. The van der Waals surface area contributed by atoms with E-state index in [-0.39, 0.29) is 6.10 Å². The number of nitrogens with zero attached hydrogens (tertiary/aromatic N) is 1. The Hall–Kier alpha value is -1.39. The number of nitrogens with one attached hydrogen (secondary N) is 1. The molecular weight excluding hydrogens is 192 g/mol. The third-order valence-electron chi connectivity index (χ3n) is 2.68. The van der Waals surface area contributed by atoms with Crippen LogP contribution >= 0.6 is 0 Å². The number of ether oxygens (including phenoxy) is 1. The Balaban J connectivity index is 2.02. The van der Waals surface area contributed by atoms with Gasteiger partial charge in [0, 0.05) is 30.2 Å². The van der Waals surface area contributed by atoms with E-state index in [1.807, 2.05) is 6.07 Å². The van der Waals surface area contributed by atoms with Crippen LogP contribution in [-0.2, 0) is 4.74 Å². The summed E-state index contributed by atoms with van der Waals surface area (Å²) in [6, 6.07) is 1.96. The Morgan fingerprint density at radius 2 is 2.47 bits per heavy atom. The molecule has 15 heavy (non-hydrogen) atoms. The fourth-order valence-corrected chi connectivity index (χ4v) is 1.92. The lowest BCUT2D eigenvalue weighted by molar-refractivity contribution is 0.0281. The van der Waals surface area contributed by atoms with Gasteiger partial charge < -0.3 is 14.5 Å². The van der Waals surface area contributed by atoms with Crippen molar-refractivity contribution in [3.63, 3.8) is 0 Å². The minimum atomic E-state index is 0.0994. The van der Waals surface area contributed by atoms with Crippen molar-refractivity contribution in [3.05, 3.63) is 30.3 Å². The summed E-state index contributed by atoms with van der Waals surface area (Å²) in [5.74, 6) is 0. The molecule has 1 N–H and O–H groups in total. The van der Waals surface area contributed by atoms with Gasteiger partial charge in [0.1, 0.15) is 0 Å². The molecule has 0 amide bonds. The maximum atomic E-state index is 5.69. The molecule has 0 aromatic carbocycles. The third kappa shape index (κ3) is 1.52. The minimum Gasteiger partial charge on any atom is -0.462 e. The fourth-order valence-electron chi connectivity index (χ4n) is 1.92. The molecule has 4 heteroatoms. The van der Waals surface area contributed by atoms with Crippen molar-refractivity contribution in [2.24, 2.45) is 0 Å². The third-order valence-corrected chi connectivity index (χ3v) is 2.68. The van der Waals surface area contributed by atoms with E-state index in [4.69, 9.17) is 9.15 Å².